The topological polar surface area (TPSA) is 61.4 Å². The third kappa shape index (κ3) is 4.54. The lowest BCUT2D eigenvalue weighted by Crippen LogP contribution is -2.51. The van der Waals surface area contributed by atoms with Gasteiger partial charge in [-0.2, -0.15) is 12.7 Å². The summed E-state index contributed by atoms with van der Waals surface area (Å²) < 4.78 is 28.2. The zero-order valence-corrected chi connectivity index (χ0v) is 12.1. The van der Waals surface area contributed by atoms with Crippen molar-refractivity contribution in [2.75, 3.05) is 32.7 Å². The highest BCUT2D eigenvalue weighted by Gasteiger charge is 2.26. The van der Waals surface area contributed by atoms with Gasteiger partial charge in [0, 0.05) is 32.7 Å². The molecule has 0 spiro atoms. The Labute approximate surface area is 105 Å². The summed E-state index contributed by atoms with van der Waals surface area (Å²) in [5.74, 6) is 0.306. The van der Waals surface area contributed by atoms with E-state index in [0.29, 0.717) is 25.6 Å². The van der Waals surface area contributed by atoms with Crippen LogP contribution in [0.15, 0.2) is 0 Å². The van der Waals surface area contributed by atoms with Crippen molar-refractivity contribution in [3.05, 3.63) is 0 Å². The highest BCUT2D eigenvalue weighted by Crippen LogP contribution is 2.24. The van der Waals surface area contributed by atoms with E-state index in [9.17, 15) is 8.42 Å². The number of rotatable bonds is 4. The van der Waals surface area contributed by atoms with Crippen molar-refractivity contribution < 1.29 is 8.42 Å². The predicted octanol–water partition coefficient (Wildman–Crippen LogP) is 0.408. The Morgan fingerprint density at radius 3 is 2.29 bits per heavy atom. The molecule has 0 bridgehead atoms. The van der Waals surface area contributed by atoms with E-state index in [2.05, 4.69) is 37.7 Å². The Balaban J connectivity index is 2.49. The Hall–Kier alpha value is -0.170. The first kappa shape index (κ1) is 14.9. The molecule has 0 aromatic carbocycles. The smallest absolute Gasteiger partial charge is 0.279 e. The third-order valence-electron chi connectivity index (χ3n) is 3.47. The molecule has 1 fully saturated rings. The molecule has 0 amide bonds. The largest absolute Gasteiger partial charge is 0.314 e. The van der Waals surface area contributed by atoms with Crippen LogP contribution in [0.4, 0.5) is 0 Å². The molecule has 1 rings (SSSR count). The monoisotopic (exact) mass is 263 g/mol. The van der Waals surface area contributed by atoms with Crippen molar-refractivity contribution in [2.45, 2.75) is 27.7 Å². The van der Waals surface area contributed by atoms with E-state index in [4.69, 9.17) is 0 Å². The summed E-state index contributed by atoms with van der Waals surface area (Å²) >= 11 is 0. The maximum Gasteiger partial charge on any atom is 0.279 e. The van der Waals surface area contributed by atoms with Crippen molar-refractivity contribution in [1.82, 2.24) is 14.3 Å². The van der Waals surface area contributed by atoms with E-state index in [1.165, 1.54) is 4.31 Å². The maximum atomic E-state index is 12.0. The second kappa shape index (κ2) is 5.65. The molecular weight excluding hydrogens is 238 g/mol. The van der Waals surface area contributed by atoms with Crippen molar-refractivity contribution in [3.63, 3.8) is 0 Å². The molecule has 0 aromatic rings. The summed E-state index contributed by atoms with van der Waals surface area (Å²) in [6.07, 6.45) is 0. The summed E-state index contributed by atoms with van der Waals surface area (Å²) in [6, 6.07) is 0. The van der Waals surface area contributed by atoms with Gasteiger partial charge >= 0.3 is 0 Å². The molecule has 1 aliphatic rings. The van der Waals surface area contributed by atoms with Crippen LogP contribution in [0.25, 0.3) is 0 Å². The normalized spacial score (nSPS) is 21.4. The van der Waals surface area contributed by atoms with Crippen LogP contribution in [-0.2, 0) is 10.2 Å². The van der Waals surface area contributed by atoms with Crippen LogP contribution in [0.3, 0.4) is 0 Å². The van der Waals surface area contributed by atoms with Gasteiger partial charge in [-0.3, -0.25) is 0 Å². The average Bonchev–Trinajstić information content (AvgIpc) is 2.26. The van der Waals surface area contributed by atoms with Crippen molar-refractivity contribution in [1.29, 1.82) is 0 Å². The lowest BCUT2D eigenvalue weighted by atomic mass is 9.82. The lowest BCUT2D eigenvalue weighted by molar-refractivity contribution is 0.260. The minimum Gasteiger partial charge on any atom is -0.314 e. The zero-order valence-electron chi connectivity index (χ0n) is 11.3. The molecule has 5 nitrogen and oxygen atoms in total. The Morgan fingerprint density at radius 2 is 1.82 bits per heavy atom. The molecule has 6 heteroatoms. The maximum absolute atomic E-state index is 12.0. The fourth-order valence-corrected chi connectivity index (χ4v) is 2.82. The second-order valence-corrected chi connectivity index (χ2v) is 7.52. The summed E-state index contributed by atoms with van der Waals surface area (Å²) in [5, 5.41) is 3.14. The standard InChI is InChI=1S/C11H25N3O2S/c1-10(11(2,3)4)9-13-17(15,16)14-7-5-12-6-8-14/h10,12-13H,5-9H2,1-4H3. The average molecular weight is 263 g/mol. The van der Waals surface area contributed by atoms with Crippen LogP contribution in [0.2, 0.25) is 0 Å². The first-order valence-electron chi connectivity index (χ1n) is 6.19. The van der Waals surface area contributed by atoms with Crippen LogP contribution in [0.5, 0.6) is 0 Å². The molecule has 0 aliphatic carbocycles. The van der Waals surface area contributed by atoms with Crippen LogP contribution in [-0.4, -0.2) is 45.4 Å². The van der Waals surface area contributed by atoms with Crippen molar-refractivity contribution >= 4 is 10.2 Å². The van der Waals surface area contributed by atoms with Gasteiger partial charge in [-0.15, -0.1) is 0 Å². The molecule has 1 heterocycles. The minimum atomic E-state index is -3.30. The molecule has 1 saturated heterocycles. The number of nitrogens with one attached hydrogen (secondary N) is 2. The van der Waals surface area contributed by atoms with Gasteiger partial charge in [-0.05, 0) is 11.3 Å². The van der Waals surface area contributed by atoms with E-state index in [1.54, 1.807) is 0 Å². The van der Waals surface area contributed by atoms with Gasteiger partial charge in [-0.1, -0.05) is 27.7 Å². The fraction of sp³-hybridized carbons (Fsp3) is 1.00. The molecule has 102 valence electrons. The summed E-state index contributed by atoms with van der Waals surface area (Å²) in [7, 11) is -3.30. The molecule has 17 heavy (non-hydrogen) atoms. The van der Waals surface area contributed by atoms with E-state index in [-0.39, 0.29) is 5.41 Å². The molecule has 2 N–H and O–H groups in total. The van der Waals surface area contributed by atoms with Crippen LogP contribution >= 0.6 is 0 Å². The predicted molar refractivity (Wildman–Crippen MR) is 70.0 cm³/mol. The van der Waals surface area contributed by atoms with E-state index >= 15 is 0 Å². The van der Waals surface area contributed by atoms with Crippen molar-refractivity contribution in [3.8, 4) is 0 Å². The molecule has 1 unspecified atom stereocenters. The number of hydrogen-bond donors (Lipinski definition) is 2. The first-order chi connectivity index (χ1) is 7.73. The fourth-order valence-electron chi connectivity index (χ4n) is 1.51. The molecule has 1 atom stereocenters. The summed E-state index contributed by atoms with van der Waals surface area (Å²) in [4.78, 5) is 0. The Kier molecular flexibility index (Phi) is 4.95. The van der Waals surface area contributed by atoms with Gasteiger partial charge < -0.3 is 5.32 Å². The van der Waals surface area contributed by atoms with Gasteiger partial charge in [0.05, 0.1) is 0 Å². The van der Waals surface area contributed by atoms with Gasteiger partial charge in [-0.25, -0.2) is 4.72 Å². The molecular formula is C11H25N3O2S. The van der Waals surface area contributed by atoms with Gasteiger partial charge in [0.2, 0.25) is 0 Å². The molecule has 0 radical (unpaired) electrons. The lowest BCUT2D eigenvalue weighted by Gasteiger charge is -2.30. The number of nitrogens with zero attached hydrogens (tertiary/aromatic N) is 1. The van der Waals surface area contributed by atoms with E-state index in [1.807, 2.05) is 0 Å². The zero-order chi connectivity index (χ0) is 13.1. The summed E-state index contributed by atoms with van der Waals surface area (Å²) in [6.45, 7) is 11.5. The third-order valence-corrected chi connectivity index (χ3v) is 5.04. The van der Waals surface area contributed by atoms with Gasteiger partial charge in [0.25, 0.3) is 10.2 Å². The Bertz CT molecular complexity index is 329. The highest BCUT2D eigenvalue weighted by molar-refractivity contribution is 7.87. The van der Waals surface area contributed by atoms with E-state index < -0.39 is 10.2 Å². The SMILES string of the molecule is CC(CNS(=O)(=O)N1CCNCC1)C(C)(C)C. The second-order valence-electron chi connectivity index (χ2n) is 5.77. The van der Waals surface area contributed by atoms with Gasteiger partial charge in [0.1, 0.15) is 0 Å². The van der Waals surface area contributed by atoms with Crippen LogP contribution in [0, 0.1) is 11.3 Å². The van der Waals surface area contributed by atoms with Gasteiger partial charge in [0.15, 0.2) is 0 Å². The molecule has 1 aliphatic heterocycles. The number of hydrogen-bond acceptors (Lipinski definition) is 3. The first-order valence-corrected chi connectivity index (χ1v) is 7.63. The van der Waals surface area contributed by atoms with E-state index in [0.717, 1.165) is 13.1 Å². The molecule has 0 saturated carbocycles. The Morgan fingerprint density at radius 1 is 1.29 bits per heavy atom. The van der Waals surface area contributed by atoms with Crippen LogP contribution in [0.1, 0.15) is 27.7 Å². The highest BCUT2D eigenvalue weighted by atomic mass is 32.2. The van der Waals surface area contributed by atoms with Crippen LogP contribution < -0.4 is 10.0 Å². The number of piperazine rings is 1. The minimum absolute atomic E-state index is 0.117. The quantitative estimate of drug-likeness (QED) is 0.772. The molecule has 0 aromatic heterocycles. The van der Waals surface area contributed by atoms with Crippen molar-refractivity contribution in [2.24, 2.45) is 11.3 Å². The summed E-state index contributed by atoms with van der Waals surface area (Å²) in [5.41, 5.74) is 0.117.